The Morgan fingerprint density at radius 3 is 2.11 bits per heavy atom. The molecule has 0 saturated heterocycles. The fourth-order valence-corrected chi connectivity index (χ4v) is 1.76. The van der Waals surface area contributed by atoms with Gasteiger partial charge >= 0.3 is 0 Å². The third kappa shape index (κ3) is 2.93. The normalized spacial score (nSPS) is 9.78. The number of hydrogen-bond acceptors (Lipinski definition) is 2. The molecular weight excluding hydrogens is 244 g/mol. The zero-order chi connectivity index (χ0) is 13.0. The fraction of sp³-hybridized carbons (Fsp3) is 0. The van der Waals surface area contributed by atoms with Gasteiger partial charge in [0.05, 0.1) is 0 Å². The third-order valence-corrected chi connectivity index (χ3v) is 2.80. The smallest absolute Gasteiger partial charge is 0.248 e. The van der Waals surface area contributed by atoms with Crippen LogP contribution in [0.3, 0.4) is 0 Å². The van der Waals surface area contributed by atoms with Crippen LogP contribution < -0.4 is 11.1 Å². The summed E-state index contributed by atoms with van der Waals surface area (Å²) in [6.07, 6.45) is 0. The SMILES string of the molecule is NC(=O)c1ccc(NC(=S)c2ccccc2)cc1. The summed E-state index contributed by atoms with van der Waals surface area (Å²) in [5, 5.41) is 3.10. The number of nitrogens with two attached hydrogens (primary N) is 1. The first-order chi connectivity index (χ1) is 8.66. The standard InChI is InChI=1S/C14H12N2OS/c15-13(17)10-6-8-12(9-7-10)16-14(18)11-4-2-1-3-5-11/h1-9H,(H2,15,17)(H,16,18). The second-order valence-electron chi connectivity index (χ2n) is 3.76. The van der Waals surface area contributed by atoms with Gasteiger partial charge in [-0.15, -0.1) is 0 Å². The van der Waals surface area contributed by atoms with Gasteiger partial charge in [-0.3, -0.25) is 4.79 Å². The monoisotopic (exact) mass is 256 g/mol. The zero-order valence-corrected chi connectivity index (χ0v) is 10.4. The number of carbonyl (C=O) groups excluding carboxylic acids is 1. The molecular formula is C14H12N2OS. The molecule has 0 bridgehead atoms. The molecule has 0 heterocycles. The number of nitrogens with one attached hydrogen (secondary N) is 1. The minimum absolute atomic E-state index is 0.438. The third-order valence-electron chi connectivity index (χ3n) is 2.46. The molecule has 0 saturated carbocycles. The molecule has 0 fully saturated rings. The highest BCUT2D eigenvalue weighted by Crippen LogP contribution is 2.11. The van der Waals surface area contributed by atoms with E-state index in [4.69, 9.17) is 18.0 Å². The Morgan fingerprint density at radius 1 is 0.944 bits per heavy atom. The average molecular weight is 256 g/mol. The summed E-state index contributed by atoms with van der Waals surface area (Å²) in [6.45, 7) is 0. The van der Waals surface area contributed by atoms with Crippen molar-refractivity contribution < 1.29 is 4.79 Å². The van der Waals surface area contributed by atoms with Crippen molar-refractivity contribution >= 4 is 28.8 Å². The van der Waals surface area contributed by atoms with Crippen LogP contribution in [0.4, 0.5) is 5.69 Å². The van der Waals surface area contributed by atoms with Gasteiger partial charge in [-0.2, -0.15) is 0 Å². The first kappa shape index (κ1) is 12.3. The van der Waals surface area contributed by atoms with Gasteiger partial charge < -0.3 is 11.1 Å². The molecule has 2 aromatic carbocycles. The molecule has 0 atom stereocenters. The number of hydrogen-bond donors (Lipinski definition) is 2. The molecule has 1 amide bonds. The summed E-state index contributed by atoms with van der Waals surface area (Å²) in [4.78, 5) is 11.6. The van der Waals surface area contributed by atoms with E-state index < -0.39 is 5.91 Å². The summed E-state index contributed by atoms with van der Waals surface area (Å²) in [7, 11) is 0. The highest BCUT2D eigenvalue weighted by atomic mass is 32.1. The lowest BCUT2D eigenvalue weighted by Gasteiger charge is -2.08. The van der Waals surface area contributed by atoms with Crippen molar-refractivity contribution in [3.8, 4) is 0 Å². The maximum atomic E-state index is 10.9. The number of primary amides is 1. The first-order valence-electron chi connectivity index (χ1n) is 5.43. The zero-order valence-electron chi connectivity index (χ0n) is 9.59. The summed E-state index contributed by atoms with van der Waals surface area (Å²) in [5.74, 6) is -0.438. The van der Waals surface area contributed by atoms with Crippen LogP contribution in [-0.2, 0) is 0 Å². The quantitative estimate of drug-likeness (QED) is 0.830. The molecule has 0 aliphatic carbocycles. The lowest BCUT2D eigenvalue weighted by Crippen LogP contribution is -2.12. The van der Waals surface area contributed by atoms with Crippen LogP contribution in [0.5, 0.6) is 0 Å². The maximum absolute atomic E-state index is 10.9. The van der Waals surface area contributed by atoms with E-state index in [0.717, 1.165) is 11.3 Å². The van der Waals surface area contributed by atoms with Crippen molar-refractivity contribution in [3.05, 3.63) is 65.7 Å². The second-order valence-corrected chi connectivity index (χ2v) is 4.17. The Kier molecular flexibility index (Phi) is 3.69. The van der Waals surface area contributed by atoms with Gasteiger partial charge in [0.1, 0.15) is 4.99 Å². The molecule has 0 aromatic heterocycles. The molecule has 0 spiro atoms. The number of thiocarbonyl (C=S) groups is 1. The number of anilines is 1. The Morgan fingerprint density at radius 2 is 1.56 bits per heavy atom. The van der Waals surface area contributed by atoms with Crippen molar-refractivity contribution in [3.63, 3.8) is 0 Å². The topological polar surface area (TPSA) is 55.1 Å². The number of carbonyl (C=O) groups is 1. The molecule has 0 aliphatic rings. The predicted octanol–water partition coefficient (Wildman–Crippen LogP) is 2.57. The van der Waals surface area contributed by atoms with Gasteiger partial charge in [-0.05, 0) is 24.3 Å². The highest BCUT2D eigenvalue weighted by molar-refractivity contribution is 7.81. The van der Waals surface area contributed by atoms with E-state index in [1.165, 1.54) is 0 Å². The van der Waals surface area contributed by atoms with Crippen LogP contribution >= 0.6 is 12.2 Å². The molecule has 0 unspecified atom stereocenters. The molecule has 90 valence electrons. The minimum atomic E-state index is -0.438. The molecule has 3 nitrogen and oxygen atoms in total. The van der Waals surface area contributed by atoms with Gasteiger partial charge in [-0.25, -0.2) is 0 Å². The van der Waals surface area contributed by atoms with Crippen LogP contribution in [0.15, 0.2) is 54.6 Å². The molecule has 2 aromatic rings. The van der Waals surface area contributed by atoms with E-state index in [0.29, 0.717) is 10.6 Å². The van der Waals surface area contributed by atoms with Crippen LogP contribution in [0.25, 0.3) is 0 Å². The van der Waals surface area contributed by atoms with E-state index in [1.807, 2.05) is 30.3 Å². The lowest BCUT2D eigenvalue weighted by molar-refractivity contribution is 0.100. The molecule has 4 heteroatoms. The van der Waals surface area contributed by atoms with Crippen molar-refractivity contribution in [2.45, 2.75) is 0 Å². The summed E-state index contributed by atoms with van der Waals surface area (Å²) < 4.78 is 0. The average Bonchev–Trinajstić information content (AvgIpc) is 2.40. The Hall–Kier alpha value is -2.20. The Bertz CT molecular complexity index is 564. The molecule has 2 rings (SSSR count). The molecule has 0 radical (unpaired) electrons. The summed E-state index contributed by atoms with van der Waals surface area (Å²) in [6, 6.07) is 16.5. The van der Waals surface area contributed by atoms with Crippen molar-refractivity contribution in [2.75, 3.05) is 5.32 Å². The lowest BCUT2D eigenvalue weighted by atomic mass is 10.2. The largest absolute Gasteiger partial charge is 0.366 e. The summed E-state index contributed by atoms with van der Waals surface area (Å²) >= 11 is 5.28. The Balaban J connectivity index is 2.10. The van der Waals surface area contributed by atoms with Crippen LogP contribution in [0.1, 0.15) is 15.9 Å². The van der Waals surface area contributed by atoms with E-state index >= 15 is 0 Å². The van der Waals surface area contributed by atoms with E-state index in [1.54, 1.807) is 24.3 Å². The predicted molar refractivity (Wildman–Crippen MR) is 76.7 cm³/mol. The fourth-order valence-electron chi connectivity index (χ4n) is 1.51. The second kappa shape index (κ2) is 5.42. The van der Waals surface area contributed by atoms with Gasteiger partial charge in [0.15, 0.2) is 0 Å². The van der Waals surface area contributed by atoms with Crippen LogP contribution in [0.2, 0.25) is 0 Å². The van der Waals surface area contributed by atoms with Crippen LogP contribution in [-0.4, -0.2) is 10.9 Å². The maximum Gasteiger partial charge on any atom is 0.248 e. The number of benzene rings is 2. The Labute approximate surface area is 111 Å². The summed E-state index contributed by atoms with van der Waals surface area (Å²) in [5.41, 5.74) is 7.43. The van der Waals surface area contributed by atoms with Crippen LogP contribution in [0, 0.1) is 0 Å². The minimum Gasteiger partial charge on any atom is -0.366 e. The number of amides is 1. The van der Waals surface area contributed by atoms with E-state index in [2.05, 4.69) is 5.32 Å². The highest BCUT2D eigenvalue weighted by Gasteiger charge is 2.02. The van der Waals surface area contributed by atoms with Gasteiger partial charge in [0.25, 0.3) is 0 Å². The van der Waals surface area contributed by atoms with Gasteiger partial charge in [0.2, 0.25) is 5.91 Å². The van der Waals surface area contributed by atoms with E-state index in [9.17, 15) is 4.79 Å². The van der Waals surface area contributed by atoms with Crippen molar-refractivity contribution in [1.82, 2.24) is 0 Å². The molecule has 3 N–H and O–H groups in total. The molecule has 18 heavy (non-hydrogen) atoms. The molecule has 0 aliphatic heterocycles. The van der Waals surface area contributed by atoms with Gasteiger partial charge in [-0.1, -0.05) is 42.5 Å². The van der Waals surface area contributed by atoms with Crippen molar-refractivity contribution in [2.24, 2.45) is 5.73 Å². The van der Waals surface area contributed by atoms with E-state index in [-0.39, 0.29) is 0 Å². The number of rotatable bonds is 3. The van der Waals surface area contributed by atoms with Gasteiger partial charge in [0, 0.05) is 16.8 Å². The van der Waals surface area contributed by atoms with Crippen molar-refractivity contribution in [1.29, 1.82) is 0 Å². The first-order valence-corrected chi connectivity index (χ1v) is 5.84.